The third-order valence-electron chi connectivity index (χ3n) is 2.69. The van der Waals surface area contributed by atoms with Gasteiger partial charge in [-0.3, -0.25) is 4.79 Å². The lowest BCUT2D eigenvalue weighted by Gasteiger charge is -2.17. The maximum Gasteiger partial charge on any atom is 0.416 e. The summed E-state index contributed by atoms with van der Waals surface area (Å²) < 4.78 is 37.7. The van der Waals surface area contributed by atoms with Crippen molar-refractivity contribution in [3.05, 3.63) is 35.4 Å². The number of benzene rings is 1. The zero-order valence-electron chi connectivity index (χ0n) is 11.2. The predicted molar refractivity (Wildman–Crippen MR) is 67.5 cm³/mol. The number of carbonyl (C=O) groups excluding carboxylic acids is 1. The van der Waals surface area contributed by atoms with E-state index in [-0.39, 0.29) is 11.8 Å². The average Bonchev–Trinajstić information content (AvgIpc) is 2.26. The number of nitrogens with one attached hydrogen (secondary N) is 1. The van der Waals surface area contributed by atoms with Crippen LogP contribution in [0.25, 0.3) is 0 Å². The van der Waals surface area contributed by atoms with Crippen LogP contribution in [0.4, 0.5) is 13.2 Å². The molecule has 1 aromatic carbocycles. The normalized spacial score (nSPS) is 13.4. The van der Waals surface area contributed by atoms with E-state index in [0.29, 0.717) is 12.0 Å². The second kappa shape index (κ2) is 6.08. The fourth-order valence-electron chi connectivity index (χ4n) is 1.74. The zero-order valence-corrected chi connectivity index (χ0v) is 11.2. The van der Waals surface area contributed by atoms with Crippen molar-refractivity contribution in [1.82, 2.24) is 5.32 Å². The summed E-state index contributed by atoms with van der Waals surface area (Å²) >= 11 is 0. The van der Waals surface area contributed by atoms with E-state index in [1.807, 2.05) is 13.8 Å². The molecule has 0 saturated heterocycles. The summed E-state index contributed by atoms with van der Waals surface area (Å²) in [6.45, 7) is 5.50. The second-order valence-corrected chi connectivity index (χ2v) is 5.01. The molecule has 5 heteroatoms. The Kier molecular flexibility index (Phi) is 4.97. The van der Waals surface area contributed by atoms with Crippen LogP contribution in [0.2, 0.25) is 0 Å². The topological polar surface area (TPSA) is 29.1 Å². The van der Waals surface area contributed by atoms with Crippen LogP contribution in [0.1, 0.15) is 44.4 Å². The lowest BCUT2D eigenvalue weighted by molar-refractivity contribution is -0.137. The fraction of sp³-hybridized carbons (Fsp3) is 0.500. The molecule has 0 saturated carbocycles. The molecule has 1 aromatic rings. The third kappa shape index (κ3) is 4.93. The highest BCUT2D eigenvalue weighted by atomic mass is 19.4. The highest BCUT2D eigenvalue weighted by Gasteiger charge is 2.30. The molecule has 1 atom stereocenters. The summed E-state index contributed by atoms with van der Waals surface area (Å²) in [6, 6.07) is 4.58. The van der Waals surface area contributed by atoms with Crippen LogP contribution < -0.4 is 5.32 Å². The van der Waals surface area contributed by atoms with Crippen molar-refractivity contribution in [2.75, 3.05) is 0 Å². The Morgan fingerprint density at radius 3 is 2.42 bits per heavy atom. The van der Waals surface area contributed by atoms with Gasteiger partial charge in [0.05, 0.1) is 11.6 Å². The Bertz CT molecular complexity index is 441. The van der Waals surface area contributed by atoms with E-state index in [1.165, 1.54) is 6.07 Å². The monoisotopic (exact) mass is 273 g/mol. The van der Waals surface area contributed by atoms with E-state index in [1.54, 1.807) is 13.0 Å². The van der Waals surface area contributed by atoms with Gasteiger partial charge in [0.1, 0.15) is 0 Å². The first-order chi connectivity index (χ1) is 8.70. The van der Waals surface area contributed by atoms with E-state index in [9.17, 15) is 18.0 Å². The Labute approximate surface area is 111 Å². The van der Waals surface area contributed by atoms with Crippen molar-refractivity contribution in [2.45, 2.75) is 39.4 Å². The van der Waals surface area contributed by atoms with Gasteiger partial charge in [0.15, 0.2) is 0 Å². The first kappa shape index (κ1) is 15.5. The molecule has 106 valence electrons. The molecular formula is C14H18F3NO. The van der Waals surface area contributed by atoms with Gasteiger partial charge in [0.25, 0.3) is 0 Å². The highest BCUT2D eigenvalue weighted by molar-refractivity contribution is 5.76. The molecule has 0 aromatic heterocycles. The number of hydrogen-bond donors (Lipinski definition) is 1. The van der Waals surface area contributed by atoms with E-state index in [0.717, 1.165) is 12.1 Å². The first-order valence-corrected chi connectivity index (χ1v) is 6.16. The van der Waals surface area contributed by atoms with Gasteiger partial charge in [0.2, 0.25) is 5.91 Å². The van der Waals surface area contributed by atoms with Crippen LogP contribution >= 0.6 is 0 Å². The van der Waals surface area contributed by atoms with E-state index in [4.69, 9.17) is 0 Å². The molecule has 0 bridgehead atoms. The van der Waals surface area contributed by atoms with Crippen LogP contribution in [0, 0.1) is 5.92 Å². The minimum atomic E-state index is -4.36. The Morgan fingerprint density at radius 2 is 1.89 bits per heavy atom. The van der Waals surface area contributed by atoms with Gasteiger partial charge in [-0.2, -0.15) is 13.2 Å². The van der Waals surface area contributed by atoms with Gasteiger partial charge < -0.3 is 5.32 Å². The molecule has 0 aliphatic carbocycles. The number of carbonyl (C=O) groups is 1. The van der Waals surface area contributed by atoms with E-state index in [2.05, 4.69) is 5.32 Å². The lowest BCUT2D eigenvalue weighted by atomic mass is 10.0. The summed E-state index contributed by atoms with van der Waals surface area (Å²) in [7, 11) is 0. The third-order valence-corrected chi connectivity index (χ3v) is 2.69. The maximum atomic E-state index is 12.6. The largest absolute Gasteiger partial charge is 0.416 e. The van der Waals surface area contributed by atoms with Crippen molar-refractivity contribution in [2.24, 2.45) is 5.92 Å². The predicted octanol–water partition coefficient (Wildman–Crippen LogP) is 3.93. The molecule has 1 N–H and O–H groups in total. The number of rotatable bonds is 4. The van der Waals surface area contributed by atoms with Crippen LogP contribution in [0.15, 0.2) is 24.3 Å². The summed E-state index contributed by atoms with van der Waals surface area (Å²) in [4.78, 5) is 11.6. The average molecular weight is 273 g/mol. The number of halogens is 3. The molecule has 19 heavy (non-hydrogen) atoms. The van der Waals surface area contributed by atoms with Gasteiger partial charge in [-0.05, 0) is 30.5 Å². The van der Waals surface area contributed by atoms with Crippen LogP contribution in [-0.2, 0) is 11.0 Å². The molecule has 0 fully saturated rings. The van der Waals surface area contributed by atoms with Crippen molar-refractivity contribution in [3.63, 3.8) is 0 Å². The maximum absolute atomic E-state index is 12.6. The van der Waals surface area contributed by atoms with Gasteiger partial charge in [-0.1, -0.05) is 26.0 Å². The van der Waals surface area contributed by atoms with Crippen molar-refractivity contribution < 1.29 is 18.0 Å². The highest BCUT2D eigenvalue weighted by Crippen LogP contribution is 2.30. The fourth-order valence-corrected chi connectivity index (χ4v) is 1.74. The molecule has 1 rings (SSSR count). The number of hydrogen-bond acceptors (Lipinski definition) is 1. The molecule has 0 unspecified atom stereocenters. The van der Waals surface area contributed by atoms with Gasteiger partial charge in [-0.15, -0.1) is 0 Å². The minimum absolute atomic E-state index is 0.153. The molecule has 0 spiro atoms. The molecule has 1 amide bonds. The molecular weight excluding hydrogens is 255 g/mol. The Balaban J connectivity index is 2.77. The van der Waals surface area contributed by atoms with Crippen LogP contribution in [-0.4, -0.2) is 5.91 Å². The van der Waals surface area contributed by atoms with E-state index < -0.39 is 17.8 Å². The summed E-state index contributed by atoms with van der Waals surface area (Å²) in [5, 5.41) is 2.70. The minimum Gasteiger partial charge on any atom is -0.350 e. The van der Waals surface area contributed by atoms with Gasteiger partial charge >= 0.3 is 6.18 Å². The Morgan fingerprint density at radius 1 is 1.26 bits per heavy atom. The van der Waals surface area contributed by atoms with Crippen molar-refractivity contribution in [3.8, 4) is 0 Å². The first-order valence-electron chi connectivity index (χ1n) is 6.16. The standard InChI is InChI=1S/C14H18F3NO/c1-9(2)7-13(19)18-10(3)11-5-4-6-12(8-11)14(15,16)17/h4-6,8-10H,7H2,1-3H3,(H,18,19)/t10-/m1/s1. The number of alkyl halides is 3. The molecule has 0 aliphatic heterocycles. The van der Waals surface area contributed by atoms with Gasteiger partial charge in [0, 0.05) is 6.42 Å². The Hall–Kier alpha value is -1.52. The lowest BCUT2D eigenvalue weighted by Crippen LogP contribution is -2.27. The second-order valence-electron chi connectivity index (χ2n) is 5.01. The molecule has 2 nitrogen and oxygen atoms in total. The molecule has 0 radical (unpaired) electrons. The van der Waals surface area contributed by atoms with Gasteiger partial charge in [-0.25, -0.2) is 0 Å². The summed E-state index contributed by atoms with van der Waals surface area (Å²) in [6.07, 6.45) is -4.00. The summed E-state index contributed by atoms with van der Waals surface area (Å²) in [5.41, 5.74) is -0.248. The molecule has 0 aliphatic rings. The van der Waals surface area contributed by atoms with Crippen molar-refractivity contribution >= 4 is 5.91 Å². The van der Waals surface area contributed by atoms with Crippen LogP contribution in [0.3, 0.4) is 0 Å². The zero-order chi connectivity index (χ0) is 14.6. The smallest absolute Gasteiger partial charge is 0.350 e. The summed E-state index contributed by atoms with van der Waals surface area (Å²) in [5.74, 6) is 0.0635. The number of amides is 1. The van der Waals surface area contributed by atoms with Crippen LogP contribution in [0.5, 0.6) is 0 Å². The quantitative estimate of drug-likeness (QED) is 0.884. The SMILES string of the molecule is CC(C)CC(=O)N[C@H](C)c1cccc(C(F)(F)F)c1. The van der Waals surface area contributed by atoms with Crippen molar-refractivity contribution in [1.29, 1.82) is 0 Å². The molecule has 0 heterocycles. The van der Waals surface area contributed by atoms with E-state index >= 15 is 0 Å².